The van der Waals surface area contributed by atoms with Crippen LogP contribution < -0.4 is 0 Å². The monoisotopic (exact) mass is 248 g/mol. The quantitative estimate of drug-likeness (QED) is 0.593. The summed E-state index contributed by atoms with van der Waals surface area (Å²) in [6, 6.07) is 3.63. The Morgan fingerprint density at radius 1 is 1.31 bits per heavy atom. The summed E-state index contributed by atoms with van der Waals surface area (Å²) in [7, 11) is 0. The molecule has 0 bridgehead atoms. The Bertz CT molecular complexity index is 385. The number of carbonyl (C=O) groups excluding carboxylic acids is 1. The van der Waals surface area contributed by atoms with E-state index in [0.717, 1.165) is 17.8 Å². The van der Waals surface area contributed by atoms with Gasteiger partial charge in [0.2, 0.25) is 0 Å². The van der Waals surface area contributed by atoms with Crippen LogP contribution in [0.25, 0.3) is 0 Å². The summed E-state index contributed by atoms with van der Waals surface area (Å²) >= 11 is 1.14. The third-order valence-electron chi connectivity index (χ3n) is 1.81. The second kappa shape index (κ2) is 4.91. The van der Waals surface area contributed by atoms with Gasteiger partial charge in [-0.15, -0.1) is 11.8 Å². The van der Waals surface area contributed by atoms with Crippen LogP contribution in [0, 0.1) is 0 Å². The molecule has 0 aliphatic rings. The molecule has 0 N–H and O–H groups in total. The molecular weight excluding hydrogens is 237 g/mol. The summed E-state index contributed by atoms with van der Waals surface area (Å²) in [6.07, 6.45) is -4.00. The highest BCUT2D eigenvalue weighted by molar-refractivity contribution is 8.00. The van der Waals surface area contributed by atoms with Gasteiger partial charge in [-0.25, -0.2) is 0 Å². The van der Waals surface area contributed by atoms with E-state index < -0.39 is 11.7 Å². The molecule has 5 heteroatoms. The highest BCUT2D eigenvalue weighted by Gasteiger charge is 2.33. The molecule has 1 aromatic rings. The van der Waals surface area contributed by atoms with Gasteiger partial charge in [0.15, 0.2) is 0 Å². The molecular formula is C11H11F3OS. The fourth-order valence-corrected chi connectivity index (χ4v) is 2.16. The molecule has 1 rings (SSSR count). The number of halogens is 3. The molecule has 1 nitrogen and oxygen atoms in total. The molecule has 0 unspecified atom stereocenters. The van der Waals surface area contributed by atoms with E-state index in [4.69, 9.17) is 0 Å². The Labute approximate surface area is 96.0 Å². The lowest BCUT2D eigenvalue weighted by Crippen LogP contribution is -2.08. The van der Waals surface area contributed by atoms with Crippen molar-refractivity contribution >= 4 is 18.0 Å². The van der Waals surface area contributed by atoms with Crippen molar-refractivity contribution in [1.82, 2.24) is 0 Å². The second-order valence-electron chi connectivity index (χ2n) is 3.54. The molecule has 0 aliphatic carbocycles. The van der Waals surface area contributed by atoms with E-state index in [9.17, 15) is 18.0 Å². The van der Waals surface area contributed by atoms with Gasteiger partial charge in [-0.05, 0) is 12.1 Å². The van der Waals surface area contributed by atoms with Gasteiger partial charge >= 0.3 is 6.18 Å². The summed E-state index contributed by atoms with van der Waals surface area (Å²) in [5, 5.41) is 0.0585. The minimum absolute atomic E-state index is 0.0421. The molecule has 0 aliphatic heterocycles. The van der Waals surface area contributed by atoms with Crippen molar-refractivity contribution < 1.29 is 18.0 Å². The Morgan fingerprint density at radius 3 is 2.38 bits per heavy atom. The highest BCUT2D eigenvalue weighted by Crippen LogP contribution is 2.38. The van der Waals surface area contributed by atoms with E-state index in [1.165, 1.54) is 12.1 Å². The largest absolute Gasteiger partial charge is 0.417 e. The minimum Gasteiger partial charge on any atom is -0.298 e. The maximum atomic E-state index is 12.7. The lowest BCUT2D eigenvalue weighted by molar-refractivity contribution is -0.139. The first kappa shape index (κ1) is 13.1. The molecule has 0 spiro atoms. The van der Waals surface area contributed by atoms with E-state index >= 15 is 0 Å². The molecule has 1 aromatic carbocycles. The lowest BCUT2D eigenvalue weighted by atomic mass is 10.1. The molecule has 0 atom stereocenters. The summed E-state index contributed by atoms with van der Waals surface area (Å²) in [6.45, 7) is 3.64. The number of thioether (sulfide) groups is 1. The fraction of sp³-hybridized carbons (Fsp3) is 0.364. The number of rotatable bonds is 3. The summed E-state index contributed by atoms with van der Waals surface area (Å²) < 4.78 is 38.1. The zero-order chi connectivity index (χ0) is 12.3. The van der Waals surface area contributed by atoms with Crippen LogP contribution in [0.5, 0.6) is 0 Å². The molecule has 0 saturated carbocycles. The van der Waals surface area contributed by atoms with Crippen molar-refractivity contribution in [3.63, 3.8) is 0 Å². The zero-order valence-corrected chi connectivity index (χ0v) is 9.65. The predicted octanol–water partition coefficient (Wildman–Crippen LogP) is 4.02. The van der Waals surface area contributed by atoms with Gasteiger partial charge in [0.05, 0.1) is 5.56 Å². The van der Waals surface area contributed by atoms with Gasteiger partial charge in [-0.2, -0.15) is 13.2 Å². The SMILES string of the molecule is CC(C)Sc1ccc(C=O)cc1C(F)(F)F. The Kier molecular flexibility index (Phi) is 4.02. The number of hydrogen-bond donors (Lipinski definition) is 0. The predicted molar refractivity (Wildman–Crippen MR) is 57.8 cm³/mol. The fourth-order valence-electron chi connectivity index (χ4n) is 1.20. The second-order valence-corrected chi connectivity index (χ2v) is 5.16. The van der Waals surface area contributed by atoms with Gasteiger partial charge in [0.1, 0.15) is 6.29 Å². The van der Waals surface area contributed by atoms with Gasteiger partial charge < -0.3 is 0 Å². The van der Waals surface area contributed by atoms with E-state index in [0.29, 0.717) is 6.29 Å². The number of hydrogen-bond acceptors (Lipinski definition) is 2. The summed E-state index contributed by atoms with van der Waals surface area (Å²) in [4.78, 5) is 10.6. The Morgan fingerprint density at radius 2 is 1.94 bits per heavy atom. The van der Waals surface area contributed by atoms with Crippen molar-refractivity contribution in [2.24, 2.45) is 0 Å². The average Bonchev–Trinajstić information content (AvgIpc) is 2.15. The first-order chi connectivity index (χ1) is 7.34. The van der Waals surface area contributed by atoms with Gasteiger partial charge in [-0.1, -0.05) is 19.9 Å². The molecule has 0 amide bonds. The van der Waals surface area contributed by atoms with Crippen LogP contribution in [0.2, 0.25) is 0 Å². The topological polar surface area (TPSA) is 17.1 Å². The first-order valence-electron chi connectivity index (χ1n) is 4.67. The summed E-state index contributed by atoms with van der Waals surface area (Å²) in [5.41, 5.74) is -0.698. The van der Waals surface area contributed by atoms with E-state index in [2.05, 4.69) is 0 Å². The van der Waals surface area contributed by atoms with Crippen molar-refractivity contribution in [3.8, 4) is 0 Å². The van der Waals surface area contributed by atoms with Crippen LogP contribution in [0.4, 0.5) is 13.2 Å². The van der Waals surface area contributed by atoms with E-state index in [1.807, 2.05) is 13.8 Å². The smallest absolute Gasteiger partial charge is 0.298 e. The third kappa shape index (κ3) is 3.27. The minimum atomic E-state index is -4.42. The summed E-state index contributed by atoms with van der Waals surface area (Å²) in [5.74, 6) is 0. The van der Waals surface area contributed by atoms with E-state index in [1.54, 1.807) is 0 Å². The van der Waals surface area contributed by atoms with Crippen LogP contribution in [0.15, 0.2) is 23.1 Å². The third-order valence-corrected chi connectivity index (χ3v) is 2.89. The van der Waals surface area contributed by atoms with E-state index in [-0.39, 0.29) is 15.7 Å². The molecule has 0 aromatic heterocycles. The van der Waals surface area contributed by atoms with Crippen molar-refractivity contribution in [3.05, 3.63) is 29.3 Å². The normalized spacial score (nSPS) is 11.9. The lowest BCUT2D eigenvalue weighted by Gasteiger charge is -2.14. The van der Waals surface area contributed by atoms with Crippen LogP contribution in [-0.2, 0) is 6.18 Å². The number of carbonyl (C=O) groups is 1. The zero-order valence-electron chi connectivity index (χ0n) is 8.84. The maximum absolute atomic E-state index is 12.7. The van der Waals surface area contributed by atoms with Crippen LogP contribution in [0.1, 0.15) is 29.8 Å². The molecule has 0 heterocycles. The van der Waals surface area contributed by atoms with Crippen molar-refractivity contribution in [2.45, 2.75) is 30.2 Å². The molecule has 0 fully saturated rings. The number of aldehydes is 1. The van der Waals surface area contributed by atoms with Crippen LogP contribution in [0.3, 0.4) is 0 Å². The number of benzene rings is 1. The van der Waals surface area contributed by atoms with Gasteiger partial charge in [-0.3, -0.25) is 4.79 Å². The van der Waals surface area contributed by atoms with Gasteiger partial charge in [0, 0.05) is 15.7 Å². The standard InChI is InChI=1S/C11H11F3OS/c1-7(2)16-10-4-3-8(6-15)5-9(10)11(12,13)14/h3-7H,1-2H3. The average molecular weight is 248 g/mol. The van der Waals surface area contributed by atoms with Crippen molar-refractivity contribution in [1.29, 1.82) is 0 Å². The van der Waals surface area contributed by atoms with Crippen LogP contribution >= 0.6 is 11.8 Å². The maximum Gasteiger partial charge on any atom is 0.417 e. The Balaban J connectivity index is 3.22. The highest BCUT2D eigenvalue weighted by atomic mass is 32.2. The first-order valence-corrected chi connectivity index (χ1v) is 5.55. The van der Waals surface area contributed by atoms with Crippen LogP contribution in [-0.4, -0.2) is 11.5 Å². The molecule has 16 heavy (non-hydrogen) atoms. The molecule has 0 saturated heterocycles. The van der Waals surface area contributed by atoms with Crippen molar-refractivity contribution in [2.75, 3.05) is 0 Å². The molecule has 88 valence electrons. The molecule has 0 radical (unpaired) electrons. The number of alkyl halides is 3. The van der Waals surface area contributed by atoms with Gasteiger partial charge in [0.25, 0.3) is 0 Å². The Hall–Kier alpha value is -0.970.